The van der Waals surface area contributed by atoms with Crippen molar-refractivity contribution in [1.29, 1.82) is 0 Å². The second kappa shape index (κ2) is 8.66. The van der Waals surface area contributed by atoms with Crippen LogP contribution in [0.4, 0.5) is 4.39 Å². The SMILES string of the molecule is CCCCOc1ccc(-c2cc(-c3ncc(C4CC4)s3)c(-c3ncn[nH]3)c(=O)[nH]2)c(F)c1. The van der Waals surface area contributed by atoms with Crippen molar-refractivity contribution in [3.05, 3.63) is 57.8 Å². The maximum Gasteiger partial charge on any atom is 0.260 e. The van der Waals surface area contributed by atoms with Crippen LogP contribution in [0.5, 0.6) is 5.75 Å². The smallest absolute Gasteiger partial charge is 0.260 e. The molecule has 3 aromatic heterocycles. The van der Waals surface area contributed by atoms with Gasteiger partial charge in [0.25, 0.3) is 5.56 Å². The molecule has 4 aromatic rings. The van der Waals surface area contributed by atoms with Crippen molar-refractivity contribution >= 4 is 11.3 Å². The van der Waals surface area contributed by atoms with Crippen LogP contribution in [0.3, 0.4) is 0 Å². The van der Waals surface area contributed by atoms with Gasteiger partial charge in [-0.2, -0.15) is 5.10 Å². The van der Waals surface area contributed by atoms with Gasteiger partial charge in [-0.25, -0.2) is 14.4 Å². The van der Waals surface area contributed by atoms with E-state index in [4.69, 9.17) is 4.74 Å². The van der Waals surface area contributed by atoms with Crippen molar-refractivity contribution in [2.75, 3.05) is 6.61 Å². The zero-order valence-electron chi connectivity index (χ0n) is 17.5. The zero-order valence-corrected chi connectivity index (χ0v) is 18.3. The first-order valence-electron chi connectivity index (χ1n) is 10.7. The first kappa shape index (κ1) is 20.6. The summed E-state index contributed by atoms with van der Waals surface area (Å²) >= 11 is 1.56. The number of halogens is 1. The number of nitrogens with zero attached hydrogens (tertiary/aromatic N) is 3. The molecule has 1 saturated carbocycles. The summed E-state index contributed by atoms with van der Waals surface area (Å²) in [5.74, 6) is 0.894. The van der Waals surface area contributed by atoms with Gasteiger partial charge in [-0.15, -0.1) is 11.3 Å². The molecular formula is C23H22FN5O2S. The van der Waals surface area contributed by atoms with Gasteiger partial charge in [0.2, 0.25) is 0 Å². The summed E-state index contributed by atoms with van der Waals surface area (Å²) in [5.41, 5.74) is 1.20. The van der Waals surface area contributed by atoms with Gasteiger partial charge < -0.3 is 9.72 Å². The van der Waals surface area contributed by atoms with Crippen LogP contribution in [0.25, 0.3) is 33.2 Å². The Labute approximate surface area is 187 Å². The number of rotatable bonds is 8. The number of ether oxygens (including phenoxy) is 1. The number of pyridine rings is 1. The van der Waals surface area contributed by atoms with Crippen LogP contribution in [0.2, 0.25) is 0 Å². The lowest BCUT2D eigenvalue weighted by molar-refractivity contribution is 0.308. The third-order valence-corrected chi connectivity index (χ3v) is 6.61. The van der Waals surface area contributed by atoms with Gasteiger partial charge in [-0.3, -0.25) is 9.89 Å². The van der Waals surface area contributed by atoms with E-state index in [0.29, 0.717) is 45.9 Å². The van der Waals surface area contributed by atoms with E-state index in [2.05, 4.69) is 32.1 Å². The van der Waals surface area contributed by atoms with Crippen LogP contribution in [0, 0.1) is 5.82 Å². The quantitative estimate of drug-likeness (QED) is 0.361. The largest absolute Gasteiger partial charge is 0.493 e. The van der Waals surface area contributed by atoms with E-state index in [1.54, 1.807) is 29.5 Å². The molecule has 0 aliphatic heterocycles. The minimum absolute atomic E-state index is 0.286. The number of aromatic nitrogens is 5. The molecule has 164 valence electrons. The number of benzene rings is 1. The van der Waals surface area contributed by atoms with E-state index in [1.807, 2.05) is 6.20 Å². The Morgan fingerprint density at radius 2 is 2.09 bits per heavy atom. The van der Waals surface area contributed by atoms with E-state index in [1.165, 1.54) is 17.3 Å². The lowest BCUT2D eigenvalue weighted by Crippen LogP contribution is -2.13. The van der Waals surface area contributed by atoms with E-state index in [9.17, 15) is 9.18 Å². The summed E-state index contributed by atoms with van der Waals surface area (Å²) in [4.78, 5) is 25.8. The molecule has 0 bridgehead atoms. The zero-order chi connectivity index (χ0) is 22.1. The van der Waals surface area contributed by atoms with Crippen molar-refractivity contribution in [2.45, 2.75) is 38.5 Å². The summed E-state index contributed by atoms with van der Waals surface area (Å²) in [6, 6.07) is 6.44. The number of hydrogen-bond acceptors (Lipinski definition) is 6. The highest BCUT2D eigenvalue weighted by atomic mass is 32.1. The average molecular weight is 452 g/mol. The summed E-state index contributed by atoms with van der Waals surface area (Å²) in [6.07, 6.45) is 7.44. The lowest BCUT2D eigenvalue weighted by Gasteiger charge is -2.11. The fourth-order valence-electron chi connectivity index (χ4n) is 3.54. The maximum atomic E-state index is 15.0. The number of unbranched alkanes of at least 4 members (excludes halogenated alkanes) is 1. The second-order valence-corrected chi connectivity index (χ2v) is 8.88. The Hall–Kier alpha value is -3.33. The highest BCUT2D eigenvalue weighted by molar-refractivity contribution is 7.15. The van der Waals surface area contributed by atoms with E-state index in [-0.39, 0.29) is 11.1 Å². The van der Waals surface area contributed by atoms with E-state index >= 15 is 0 Å². The topological polar surface area (TPSA) is 96.6 Å². The van der Waals surface area contributed by atoms with E-state index in [0.717, 1.165) is 25.7 Å². The summed E-state index contributed by atoms with van der Waals surface area (Å²) in [7, 11) is 0. The molecule has 3 heterocycles. The van der Waals surface area contributed by atoms with Crippen molar-refractivity contribution < 1.29 is 9.13 Å². The van der Waals surface area contributed by atoms with E-state index < -0.39 is 5.82 Å². The minimum Gasteiger partial charge on any atom is -0.493 e. The molecule has 0 saturated heterocycles. The molecular weight excluding hydrogens is 429 g/mol. The highest BCUT2D eigenvalue weighted by Crippen LogP contribution is 2.45. The molecule has 0 unspecified atom stereocenters. The predicted molar refractivity (Wildman–Crippen MR) is 121 cm³/mol. The molecule has 0 spiro atoms. The monoisotopic (exact) mass is 451 g/mol. The van der Waals surface area contributed by atoms with Crippen LogP contribution in [0.1, 0.15) is 43.4 Å². The predicted octanol–water partition coefficient (Wildman–Crippen LogP) is 5.15. The first-order chi connectivity index (χ1) is 15.6. The minimum atomic E-state index is -0.467. The molecule has 5 rings (SSSR count). The van der Waals surface area contributed by atoms with Gasteiger partial charge in [0.05, 0.1) is 17.9 Å². The summed E-state index contributed by atoms with van der Waals surface area (Å²) < 4.78 is 20.6. The normalized spacial score (nSPS) is 13.4. The molecule has 9 heteroatoms. The molecule has 0 atom stereocenters. The van der Waals surface area contributed by atoms with Crippen LogP contribution in [-0.2, 0) is 0 Å². The first-order valence-corrected chi connectivity index (χ1v) is 11.5. The molecule has 1 aliphatic carbocycles. The average Bonchev–Trinajstić information content (AvgIpc) is 3.28. The molecule has 7 nitrogen and oxygen atoms in total. The standard InChI is InChI=1S/C23H22FN5O2S/c1-2-3-8-31-14-6-7-15(17(24)9-14)18-10-16(23-25-11-19(32-23)13-4-5-13)20(22(30)28-18)21-26-12-27-29-21/h6-7,9-13H,2-5,8H2,1H3,(H,28,30)(H,26,27,29). The second-order valence-electron chi connectivity index (χ2n) is 7.82. The van der Waals surface area contributed by atoms with Crippen LogP contribution in [-0.4, -0.2) is 31.8 Å². The molecule has 0 radical (unpaired) electrons. The van der Waals surface area contributed by atoms with Crippen molar-refractivity contribution in [3.8, 4) is 39.0 Å². The lowest BCUT2D eigenvalue weighted by atomic mass is 10.0. The Morgan fingerprint density at radius 3 is 2.81 bits per heavy atom. The number of aromatic amines is 2. The fraction of sp³-hybridized carbons (Fsp3) is 0.304. The van der Waals surface area contributed by atoms with Crippen LogP contribution in [0.15, 0.2) is 41.6 Å². The maximum absolute atomic E-state index is 15.0. The molecule has 0 amide bonds. The van der Waals surface area contributed by atoms with Gasteiger partial charge in [0.1, 0.15) is 22.9 Å². The Bertz CT molecular complexity index is 1290. The Balaban J connectivity index is 1.58. The van der Waals surface area contributed by atoms with Gasteiger partial charge in [0.15, 0.2) is 5.82 Å². The van der Waals surface area contributed by atoms with Crippen LogP contribution < -0.4 is 10.3 Å². The number of thiazole rings is 1. The van der Waals surface area contributed by atoms with Crippen LogP contribution >= 0.6 is 11.3 Å². The molecule has 1 fully saturated rings. The molecule has 1 aliphatic rings. The molecule has 2 N–H and O–H groups in total. The fourth-order valence-corrected chi connectivity index (χ4v) is 4.65. The highest BCUT2D eigenvalue weighted by Gasteiger charge is 2.27. The Morgan fingerprint density at radius 1 is 1.22 bits per heavy atom. The van der Waals surface area contributed by atoms with Crippen molar-refractivity contribution in [3.63, 3.8) is 0 Å². The third-order valence-electron chi connectivity index (χ3n) is 5.42. The third kappa shape index (κ3) is 4.08. The van der Waals surface area contributed by atoms with Crippen molar-refractivity contribution in [1.82, 2.24) is 25.1 Å². The van der Waals surface area contributed by atoms with Gasteiger partial charge >= 0.3 is 0 Å². The summed E-state index contributed by atoms with van der Waals surface area (Å²) in [5, 5.41) is 7.33. The number of nitrogens with one attached hydrogen (secondary N) is 2. The molecule has 32 heavy (non-hydrogen) atoms. The Kier molecular flexibility index (Phi) is 5.57. The summed E-state index contributed by atoms with van der Waals surface area (Å²) in [6.45, 7) is 2.61. The van der Waals surface area contributed by atoms with Gasteiger partial charge in [-0.1, -0.05) is 13.3 Å². The number of H-pyrrole nitrogens is 2. The van der Waals surface area contributed by atoms with Crippen molar-refractivity contribution in [2.24, 2.45) is 0 Å². The number of hydrogen-bond donors (Lipinski definition) is 2. The van der Waals surface area contributed by atoms with Gasteiger partial charge in [-0.05, 0) is 43.4 Å². The van der Waals surface area contributed by atoms with Gasteiger partial charge in [0, 0.05) is 28.3 Å². The molecule has 1 aromatic carbocycles.